The van der Waals surface area contributed by atoms with Gasteiger partial charge in [-0.15, -0.1) is 0 Å². The normalized spacial score (nSPS) is 20.9. The lowest BCUT2D eigenvalue weighted by Gasteiger charge is -2.23. The minimum Gasteiger partial charge on any atom is -0.378 e. The molecule has 0 aromatic heterocycles. The van der Waals surface area contributed by atoms with Crippen molar-refractivity contribution in [1.82, 2.24) is 5.32 Å². The molecule has 1 saturated heterocycles. The lowest BCUT2D eigenvalue weighted by Crippen LogP contribution is -2.45. The van der Waals surface area contributed by atoms with Crippen molar-refractivity contribution in [2.45, 2.75) is 24.8 Å². The maximum Gasteiger partial charge on any atom is 0.180 e. The number of morpholine rings is 1. The molecule has 1 aromatic rings. The van der Waals surface area contributed by atoms with Gasteiger partial charge in [0.2, 0.25) is 0 Å². The minimum absolute atomic E-state index is 0.0945. The topological polar surface area (TPSA) is 55.4 Å². The molecule has 1 aliphatic rings. The van der Waals surface area contributed by atoms with Crippen molar-refractivity contribution in [2.75, 3.05) is 25.5 Å². The third-order valence-corrected chi connectivity index (χ3v) is 5.05. The number of rotatable bonds is 3. The zero-order valence-electron chi connectivity index (χ0n) is 10.8. The Morgan fingerprint density at radius 3 is 2.83 bits per heavy atom. The van der Waals surface area contributed by atoms with Gasteiger partial charge in [0.15, 0.2) is 9.84 Å². The summed E-state index contributed by atoms with van der Waals surface area (Å²) >= 11 is 0. The highest BCUT2D eigenvalue weighted by Crippen LogP contribution is 2.19. The second-order valence-corrected chi connectivity index (χ2v) is 6.78. The van der Waals surface area contributed by atoms with Crippen molar-refractivity contribution in [3.63, 3.8) is 0 Å². The zero-order chi connectivity index (χ0) is 13.2. The SMILES string of the molecule is Cc1ccc(C)c(S(=O)(=O)CC2COCCN2)c1. The van der Waals surface area contributed by atoms with Crippen LogP contribution in [-0.2, 0) is 14.6 Å². The predicted molar refractivity (Wildman–Crippen MR) is 70.6 cm³/mol. The first-order chi connectivity index (χ1) is 8.49. The van der Waals surface area contributed by atoms with E-state index in [-0.39, 0.29) is 11.8 Å². The lowest BCUT2D eigenvalue weighted by molar-refractivity contribution is 0.0832. The van der Waals surface area contributed by atoms with Gasteiger partial charge in [0.25, 0.3) is 0 Å². The summed E-state index contributed by atoms with van der Waals surface area (Å²) in [5.41, 5.74) is 1.77. The van der Waals surface area contributed by atoms with E-state index in [1.165, 1.54) is 0 Å². The van der Waals surface area contributed by atoms with Crippen LogP contribution in [0.25, 0.3) is 0 Å². The number of sulfone groups is 1. The van der Waals surface area contributed by atoms with Crippen LogP contribution in [0.3, 0.4) is 0 Å². The molecule has 0 saturated carbocycles. The second kappa shape index (κ2) is 5.38. The van der Waals surface area contributed by atoms with Gasteiger partial charge in [-0.25, -0.2) is 8.42 Å². The van der Waals surface area contributed by atoms with Gasteiger partial charge in [-0.1, -0.05) is 12.1 Å². The van der Waals surface area contributed by atoms with Crippen LogP contribution in [0.5, 0.6) is 0 Å². The first-order valence-electron chi connectivity index (χ1n) is 6.10. The number of aryl methyl sites for hydroxylation is 2. The molecule has 1 unspecified atom stereocenters. The van der Waals surface area contributed by atoms with Gasteiger partial charge in [-0.3, -0.25) is 0 Å². The molecule has 1 heterocycles. The molecule has 4 nitrogen and oxygen atoms in total. The number of hydrogen-bond acceptors (Lipinski definition) is 4. The summed E-state index contributed by atoms with van der Waals surface area (Å²) in [4.78, 5) is 0.440. The summed E-state index contributed by atoms with van der Waals surface area (Å²) in [5.74, 6) is 0.0945. The Morgan fingerprint density at radius 2 is 2.17 bits per heavy atom. The van der Waals surface area contributed by atoms with Gasteiger partial charge in [0.05, 0.1) is 23.9 Å². The van der Waals surface area contributed by atoms with E-state index in [9.17, 15) is 8.42 Å². The van der Waals surface area contributed by atoms with Gasteiger partial charge < -0.3 is 10.1 Å². The van der Waals surface area contributed by atoms with Crippen LogP contribution < -0.4 is 5.32 Å². The van der Waals surface area contributed by atoms with Gasteiger partial charge in [0, 0.05) is 12.6 Å². The van der Waals surface area contributed by atoms with Gasteiger partial charge in [0.1, 0.15) is 0 Å². The third-order valence-electron chi connectivity index (χ3n) is 3.10. The van der Waals surface area contributed by atoms with Crippen LogP contribution in [-0.4, -0.2) is 40.0 Å². The summed E-state index contributed by atoms with van der Waals surface area (Å²) in [7, 11) is -3.26. The van der Waals surface area contributed by atoms with E-state index in [0.717, 1.165) is 11.1 Å². The van der Waals surface area contributed by atoms with Gasteiger partial charge in [-0.2, -0.15) is 0 Å². The van der Waals surface area contributed by atoms with Crippen LogP contribution in [0.2, 0.25) is 0 Å². The van der Waals surface area contributed by atoms with E-state index in [1.54, 1.807) is 6.07 Å². The standard InChI is InChI=1S/C13H19NO3S/c1-10-3-4-11(2)13(7-10)18(15,16)9-12-8-17-6-5-14-12/h3-4,7,12,14H,5-6,8-9H2,1-2H3. The van der Waals surface area contributed by atoms with Crippen molar-refractivity contribution in [2.24, 2.45) is 0 Å². The summed E-state index contributed by atoms with van der Waals surface area (Å²) in [5, 5.41) is 3.17. The Bertz CT molecular complexity index is 519. The molecule has 18 heavy (non-hydrogen) atoms. The van der Waals surface area contributed by atoms with E-state index < -0.39 is 9.84 Å². The summed E-state index contributed by atoms with van der Waals surface area (Å²) in [6.07, 6.45) is 0. The minimum atomic E-state index is -3.26. The fourth-order valence-corrected chi connectivity index (χ4v) is 3.97. The molecular weight excluding hydrogens is 250 g/mol. The van der Waals surface area contributed by atoms with Crippen molar-refractivity contribution < 1.29 is 13.2 Å². The molecule has 0 amide bonds. The number of benzene rings is 1. The van der Waals surface area contributed by atoms with E-state index in [1.807, 2.05) is 26.0 Å². The molecule has 1 aromatic carbocycles. The molecule has 0 bridgehead atoms. The predicted octanol–water partition coefficient (Wildman–Crippen LogP) is 1.07. The Kier molecular flexibility index (Phi) is 4.04. The quantitative estimate of drug-likeness (QED) is 0.891. The number of nitrogens with one attached hydrogen (secondary N) is 1. The Balaban J connectivity index is 2.21. The summed E-state index contributed by atoms with van der Waals surface area (Å²) < 4.78 is 30.0. The lowest BCUT2D eigenvalue weighted by atomic mass is 10.2. The molecule has 1 N–H and O–H groups in total. The van der Waals surface area contributed by atoms with Crippen LogP contribution >= 0.6 is 0 Å². The molecule has 0 radical (unpaired) electrons. The number of hydrogen-bond donors (Lipinski definition) is 1. The van der Waals surface area contributed by atoms with Crippen LogP contribution in [0.15, 0.2) is 23.1 Å². The Hall–Kier alpha value is -0.910. The largest absolute Gasteiger partial charge is 0.378 e. The Labute approximate surface area is 108 Å². The molecular formula is C13H19NO3S. The third kappa shape index (κ3) is 3.10. The Morgan fingerprint density at radius 1 is 1.39 bits per heavy atom. The maximum absolute atomic E-state index is 12.4. The van der Waals surface area contributed by atoms with Gasteiger partial charge >= 0.3 is 0 Å². The van der Waals surface area contributed by atoms with Crippen molar-refractivity contribution in [3.8, 4) is 0 Å². The van der Waals surface area contributed by atoms with E-state index in [4.69, 9.17) is 4.74 Å². The fourth-order valence-electron chi connectivity index (χ4n) is 2.12. The molecule has 5 heteroatoms. The van der Waals surface area contributed by atoms with Crippen molar-refractivity contribution >= 4 is 9.84 Å². The van der Waals surface area contributed by atoms with Crippen molar-refractivity contribution in [3.05, 3.63) is 29.3 Å². The molecule has 1 fully saturated rings. The second-order valence-electron chi connectivity index (χ2n) is 4.78. The molecule has 2 rings (SSSR count). The van der Waals surface area contributed by atoms with Crippen LogP contribution in [0, 0.1) is 13.8 Å². The summed E-state index contributed by atoms with van der Waals surface area (Å²) in [6, 6.07) is 5.42. The molecule has 0 aliphatic carbocycles. The van der Waals surface area contributed by atoms with E-state index in [0.29, 0.717) is 24.7 Å². The van der Waals surface area contributed by atoms with Crippen LogP contribution in [0.4, 0.5) is 0 Å². The first kappa shape index (κ1) is 13.5. The highest BCUT2D eigenvalue weighted by atomic mass is 32.2. The first-order valence-corrected chi connectivity index (χ1v) is 7.75. The van der Waals surface area contributed by atoms with Gasteiger partial charge in [-0.05, 0) is 31.0 Å². The number of ether oxygens (including phenoxy) is 1. The monoisotopic (exact) mass is 269 g/mol. The molecule has 0 spiro atoms. The zero-order valence-corrected chi connectivity index (χ0v) is 11.6. The fraction of sp³-hybridized carbons (Fsp3) is 0.538. The summed E-state index contributed by atoms with van der Waals surface area (Å²) in [6.45, 7) is 5.56. The highest BCUT2D eigenvalue weighted by molar-refractivity contribution is 7.91. The van der Waals surface area contributed by atoms with E-state index >= 15 is 0 Å². The average Bonchev–Trinajstić information content (AvgIpc) is 2.33. The van der Waals surface area contributed by atoms with Crippen molar-refractivity contribution in [1.29, 1.82) is 0 Å². The highest BCUT2D eigenvalue weighted by Gasteiger charge is 2.24. The average molecular weight is 269 g/mol. The van der Waals surface area contributed by atoms with Crippen LogP contribution in [0.1, 0.15) is 11.1 Å². The molecule has 1 atom stereocenters. The maximum atomic E-state index is 12.4. The molecule has 100 valence electrons. The molecule has 1 aliphatic heterocycles. The van der Waals surface area contributed by atoms with E-state index in [2.05, 4.69) is 5.32 Å². The smallest absolute Gasteiger partial charge is 0.180 e.